The van der Waals surface area contributed by atoms with Crippen LogP contribution in [0.15, 0.2) is 29.3 Å². The van der Waals surface area contributed by atoms with Crippen LogP contribution >= 0.6 is 11.8 Å². The maximum atomic E-state index is 11.4. The molecule has 0 aromatic heterocycles. The van der Waals surface area contributed by atoms with Crippen LogP contribution in [0.3, 0.4) is 0 Å². The van der Waals surface area contributed by atoms with Crippen LogP contribution < -0.4 is 5.73 Å². The first-order valence-electron chi connectivity index (χ1n) is 4.84. The van der Waals surface area contributed by atoms with E-state index in [9.17, 15) is 14.9 Å². The summed E-state index contributed by atoms with van der Waals surface area (Å²) in [4.78, 5) is 25.1. The summed E-state index contributed by atoms with van der Waals surface area (Å²) >= 11 is 1.19. The van der Waals surface area contributed by atoms with Crippen molar-refractivity contribution >= 4 is 28.5 Å². The molecule has 1 aliphatic rings. The zero-order valence-electron chi connectivity index (χ0n) is 8.70. The van der Waals surface area contributed by atoms with Gasteiger partial charge in [-0.3, -0.25) is 14.9 Å². The normalized spacial score (nSPS) is 19.2. The Morgan fingerprint density at radius 2 is 2.29 bits per heavy atom. The molecule has 0 radical (unpaired) electrons. The number of amidine groups is 1. The van der Waals surface area contributed by atoms with Gasteiger partial charge in [0.2, 0.25) is 0 Å². The Morgan fingerprint density at radius 3 is 2.88 bits per heavy atom. The minimum Gasteiger partial charge on any atom is -0.378 e. The lowest BCUT2D eigenvalue weighted by Crippen LogP contribution is -2.14. The van der Waals surface area contributed by atoms with Gasteiger partial charge in [0.25, 0.3) is 11.6 Å². The number of amides is 1. The molecule has 1 unspecified atom stereocenters. The maximum absolute atomic E-state index is 11.4. The predicted octanol–water partition coefficient (Wildman–Crippen LogP) is 1.09. The number of nitrogens with two attached hydrogens (primary N) is 1. The summed E-state index contributed by atoms with van der Waals surface area (Å²) in [5.41, 5.74) is 6.18. The van der Waals surface area contributed by atoms with E-state index in [1.54, 1.807) is 12.1 Å². The first-order chi connectivity index (χ1) is 8.06. The van der Waals surface area contributed by atoms with Crippen molar-refractivity contribution in [1.29, 1.82) is 0 Å². The van der Waals surface area contributed by atoms with Gasteiger partial charge in [0.15, 0.2) is 5.17 Å². The summed E-state index contributed by atoms with van der Waals surface area (Å²) in [5, 5.41) is 10.5. The molecule has 6 nitrogen and oxygen atoms in total. The fourth-order valence-corrected chi connectivity index (χ4v) is 2.41. The third-order valence-corrected chi connectivity index (χ3v) is 3.29. The van der Waals surface area contributed by atoms with Gasteiger partial charge in [-0.2, -0.15) is 4.99 Å². The molecule has 88 valence electrons. The highest BCUT2D eigenvalue weighted by Gasteiger charge is 2.27. The van der Waals surface area contributed by atoms with E-state index < -0.39 is 4.92 Å². The fraction of sp³-hybridized carbons (Fsp3) is 0.200. The molecule has 0 saturated heterocycles. The minimum atomic E-state index is -0.460. The maximum Gasteiger partial charge on any atom is 0.269 e. The molecular formula is C10H9N3O3S. The van der Waals surface area contributed by atoms with Gasteiger partial charge >= 0.3 is 0 Å². The molecule has 0 saturated carbocycles. The number of non-ortho nitro benzene ring substituents is 1. The van der Waals surface area contributed by atoms with Gasteiger partial charge in [0.05, 0.1) is 10.2 Å². The summed E-state index contributed by atoms with van der Waals surface area (Å²) in [7, 11) is 0. The molecule has 2 N–H and O–H groups in total. The number of nitro groups is 1. The van der Waals surface area contributed by atoms with Crippen molar-refractivity contribution < 1.29 is 9.72 Å². The van der Waals surface area contributed by atoms with E-state index in [2.05, 4.69) is 4.99 Å². The smallest absolute Gasteiger partial charge is 0.269 e. The zero-order chi connectivity index (χ0) is 12.4. The van der Waals surface area contributed by atoms with Crippen LogP contribution in [0, 0.1) is 10.1 Å². The number of rotatable bonds is 3. The average molecular weight is 251 g/mol. The van der Waals surface area contributed by atoms with Crippen LogP contribution in [0.4, 0.5) is 5.69 Å². The van der Waals surface area contributed by atoms with E-state index in [0.717, 1.165) is 5.56 Å². The summed E-state index contributed by atoms with van der Waals surface area (Å²) < 4.78 is 0. The molecule has 1 aromatic carbocycles. The molecular weight excluding hydrogens is 242 g/mol. The number of thioether (sulfide) groups is 1. The Labute approximate surface area is 101 Å². The summed E-state index contributed by atoms with van der Waals surface area (Å²) in [5.74, 6) is -0.279. The molecule has 1 amide bonds. The lowest BCUT2D eigenvalue weighted by molar-refractivity contribution is -0.384. The average Bonchev–Trinajstić information content (AvgIpc) is 2.58. The molecule has 1 aromatic rings. The van der Waals surface area contributed by atoms with Crippen molar-refractivity contribution in [1.82, 2.24) is 0 Å². The van der Waals surface area contributed by atoms with Crippen molar-refractivity contribution in [3.05, 3.63) is 39.9 Å². The third kappa shape index (κ3) is 2.62. The molecule has 1 heterocycles. The number of carbonyl (C=O) groups is 1. The van der Waals surface area contributed by atoms with Gasteiger partial charge in [-0.15, -0.1) is 0 Å². The number of aliphatic imine (C=N–C) groups is 1. The Balaban J connectivity index is 2.12. The molecule has 1 atom stereocenters. The Bertz CT molecular complexity index is 515. The number of nitro benzene ring substituents is 1. The van der Waals surface area contributed by atoms with Crippen molar-refractivity contribution in [3.8, 4) is 0 Å². The fourth-order valence-electron chi connectivity index (χ4n) is 1.54. The van der Waals surface area contributed by atoms with E-state index in [-0.39, 0.29) is 22.0 Å². The van der Waals surface area contributed by atoms with Crippen LogP contribution in [-0.4, -0.2) is 21.2 Å². The van der Waals surface area contributed by atoms with Crippen LogP contribution in [-0.2, 0) is 11.2 Å². The Kier molecular flexibility index (Phi) is 3.10. The summed E-state index contributed by atoms with van der Waals surface area (Å²) in [6, 6.07) is 6.22. The first kappa shape index (κ1) is 11.6. The highest BCUT2D eigenvalue weighted by atomic mass is 32.2. The van der Waals surface area contributed by atoms with E-state index in [4.69, 9.17) is 5.73 Å². The van der Waals surface area contributed by atoms with Gasteiger partial charge < -0.3 is 5.73 Å². The topological polar surface area (TPSA) is 98.6 Å². The minimum absolute atomic E-state index is 0.0202. The summed E-state index contributed by atoms with van der Waals surface area (Å²) in [6.45, 7) is 0. The second-order valence-corrected chi connectivity index (χ2v) is 4.75. The van der Waals surface area contributed by atoms with Crippen molar-refractivity contribution in [2.24, 2.45) is 10.7 Å². The van der Waals surface area contributed by atoms with Gasteiger partial charge in [0, 0.05) is 12.1 Å². The lowest BCUT2D eigenvalue weighted by atomic mass is 10.1. The third-order valence-electron chi connectivity index (χ3n) is 2.30. The molecule has 0 spiro atoms. The van der Waals surface area contributed by atoms with E-state index in [1.165, 1.54) is 23.9 Å². The number of carbonyl (C=O) groups excluding carboxylic acids is 1. The first-order valence-corrected chi connectivity index (χ1v) is 5.72. The second kappa shape index (κ2) is 4.54. The molecule has 1 aliphatic heterocycles. The van der Waals surface area contributed by atoms with Crippen molar-refractivity contribution in [3.63, 3.8) is 0 Å². The number of hydrogen-bond donors (Lipinski definition) is 1. The summed E-state index contributed by atoms with van der Waals surface area (Å²) in [6.07, 6.45) is 0.398. The van der Waals surface area contributed by atoms with Crippen molar-refractivity contribution in [2.75, 3.05) is 0 Å². The van der Waals surface area contributed by atoms with Crippen molar-refractivity contribution in [2.45, 2.75) is 11.7 Å². The number of benzene rings is 1. The van der Waals surface area contributed by atoms with Gasteiger partial charge in [0.1, 0.15) is 0 Å². The predicted molar refractivity (Wildman–Crippen MR) is 64.8 cm³/mol. The molecule has 0 bridgehead atoms. The Morgan fingerprint density at radius 1 is 1.53 bits per heavy atom. The molecule has 0 aliphatic carbocycles. The number of nitrogens with zero attached hydrogens (tertiary/aromatic N) is 2. The monoisotopic (exact) mass is 251 g/mol. The standard InChI is InChI=1S/C10H9N3O3S/c11-10-12-9(14)8(17-10)5-6-2-1-3-7(4-6)13(15)16/h1-4,8H,5H2,(H2,11,12,14). The van der Waals surface area contributed by atoms with Gasteiger partial charge in [-0.1, -0.05) is 23.9 Å². The van der Waals surface area contributed by atoms with Gasteiger partial charge in [-0.05, 0) is 12.0 Å². The largest absolute Gasteiger partial charge is 0.378 e. The number of hydrogen-bond acceptors (Lipinski definition) is 5. The second-order valence-electron chi connectivity index (χ2n) is 3.53. The molecule has 17 heavy (non-hydrogen) atoms. The zero-order valence-corrected chi connectivity index (χ0v) is 9.52. The Hall–Kier alpha value is -1.89. The molecule has 2 rings (SSSR count). The SMILES string of the molecule is NC1=NC(=O)C(Cc2cccc([N+](=O)[O-])c2)S1. The molecule has 0 fully saturated rings. The van der Waals surface area contributed by atoms with Crippen LogP contribution in [0.2, 0.25) is 0 Å². The van der Waals surface area contributed by atoms with E-state index in [0.29, 0.717) is 6.42 Å². The highest BCUT2D eigenvalue weighted by molar-refractivity contribution is 8.15. The van der Waals surface area contributed by atoms with Crippen LogP contribution in [0.1, 0.15) is 5.56 Å². The van der Waals surface area contributed by atoms with E-state index >= 15 is 0 Å². The van der Waals surface area contributed by atoms with Crippen LogP contribution in [0.5, 0.6) is 0 Å². The molecule has 7 heteroatoms. The lowest BCUT2D eigenvalue weighted by Gasteiger charge is -2.05. The van der Waals surface area contributed by atoms with Crippen LogP contribution in [0.25, 0.3) is 0 Å². The highest BCUT2D eigenvalue weighted by Crippen LogP contribution is 2.24. The quantitative estimate of drug-likeness (QED) is 0.640. The van der Waals surface area contributed by atoms with E-state index in [1.807, 2.05) is 0 Å². The van der Waals surface area contributed by atoms with Gasteiger partial charge in [-0.25, -0.2) is 0 Å².